The first-order valence-electron chi connectivity index (χ1n) is 7.59. The molecule has 2 fully saturated rings. The standard InChI is InChI=1S/C14H23N5O2/c1-17(13-2-3-13)14(20)16-12-10-15-19(11-12)5-4-18-6-8-21-9-7-18/h10-11,13H,2-9H2,1H3,(H,16,20). The van der Waals surface area contributed by atoms with Gasteiger partial charge in [0.2, 0.25) is 0 Å². The Morgan fingerprint density at radius 1 is 1.43 bits per heavy atom. The molecule has 0 atom stereocenters. The molecule has 2 heterocycles. The van der Waals surface area contributed by atoms with Crippen molar-refractivity contribution < 1.29 is 9.53 Å². The first-order valence-corrected chi connectivity index (χ1v) is 7.59. The third kappa shape index (κ3) is 3.95. The van der Waals surface area contributed by atoms with E-state index in [1.165, 1.54) is 0 Å². The quantitative estimate of drug-likeness (QED) is 0.874. The molecule has 0 aromatic carbocycles. The summed E-state index contributed by atoms with van der Waals surface area (Å²) in [4.78, 5) is 16.1. The first kappa shape index (κ1) is 14.3. The summed E-state index contributed by atoms with van der Waals surface area (Å²) in [5.41, 5.74) is 0.759. The summed E-state index contributed by atoms with van der Waals surface area (Å²) >= 11 is 0. The van der Waals surface area contributed by atoms with Crippen LogP contribution in [-0.2, 0) is 11.3 Å². The number of anilines is 1. The van der Waals surface area contributed by atoms with Gasteiger partial charge < -0.3 is 15.0 Å². The SMILES string of the molecule is CN(C(=O)Nc1cnn(CCN2CCOCC2)c1)C1CC1. The van der Waals surface area contributed by atoms with Crippen LogP contribution in [0, 0.1) is 0 Å². The maximum absolute atomic E-state index is 12.0. The lowest BCUT2D eigenvalue weighted by molar-refractivity contribution is 0.0360. The lowest BCUT2D eigenvalue weighted by Gasteiger charge is -2.26. The van der Waals surface area contributed by atoms with Crippen molar-refractivity contribution in [2.75, 3.05) is 45.2 Å². The van der Waals surface area contributed by atoms with Gasteiger partial charge in [-0.3, -0.25) is 9.58 Å². The average Bonchev–Trinajstić information content (AvgIpc) is 3.26. The Hall–Kier alpha value is -1.60. The molecule has 0 radical (unpaired) electrons. The summed E-state index contributed by atoms with van der Waals surface area (Å²) in [6, 6.07) is 0.367. The monoisotopic (exact) mass is 293 g/mol. The van der Waals surface area contributed by atoms with Crippen molar-refractivity contribution in [3.05, 3.63) is 12.4 Å². The number of nitrogens with zero attached hydrogens (tertiary/aromatic N) is 4. The van der Waals surface area contributed by atoms with E-state index < -0.39 is 0 Å². The maximum atomic E-state index is 12.0. The van der Waals surface area contributed by atoms with Crippen LogP contribution in [0.3, 0.4) is 0 Å². The number of amides is 2. The molecule has 1 N–H and O–H groups in total. The zero-order valence-corrected chi connectivity index (χ0v) is 12.5. The van der Waals surface area contributed by atoms with Gasteiger partial charge in [0.15, 0.2) is 0 Å². The Balaban J connectivity index is 1.45. The fraction of sp³-hybridized carbons (Fsp3) is 0.714. The zero-order chi connectivity index (χ0) is 14.7. The lowest BCUT2D eigenvalue weighted by atomic mass is 10.4. The highest BCUT2D eigenvalue weighted by Crippen LogP contribution is 2.25. The van der Waals surface area contributed by atoms with Crippen molar-refractivity contribution in [1.82, 2.24) is 19.6 Å². The van der Waals surface area contributed by atoms with Crippen LogP contribution in [0.2, 0.25) is 0 Å². The molecule has 1 saturated heterocycles. The molecule has 116 valence electrons. The van der Waals surface area contributed by atoms with Crippen molar-refractivity contribution in [3.8, 4) is 0 Å². The van der Waals surface area contributed by atoms with E-state index in [0.29, 0.717) is 6.04 Å². The van der Waals surface area contributed by atoms with Crippen molar-refractivity contribution in [1.29, 1.82) is 0 Å². The highest BCUT2D eigenvalue weighted by molar-refractivity contribution is 5.89. The van der Waals surface area contributed by atoms with Crippen LogP contribution in [0.1, 0.15) is 12.8 Å². The minimum atomic E-state index is -0.0507. The van der Waals surface area contributed by atoms with E-state index >= 15 is 0 Å². The predicted octanol–water partition coefficient (Wildman–Crippen LogP) is 0.841. The van der Waals surface area contributed by atoms with Crippen LogP contribution in [0.4, 0.5) is 10.5 Å². The van der Waals surface area contributed by atoms with E-state index in [4.69, 9.17) is 4.74 Å². The zero-order valence-electron chi connectivity index (χ0n) is 12.5. The van der Waals surface area contributed by atoms with Gasteiger partial charge >= 0.3 is 6.03 Å². The third-order valence-corrected chi connectivity index (χ3v) is 4.05. The van der Waals surface area contributed by atoms with Gasteiger partial charge in [-0.2, -0.15) is 5.10 Å². The van der Waals surface area contributed by atoms with Gasteiger partial charge in [-0.25, -0.2) is 4.79 Å². The van der Waals surface area contributed by atoms with Crippen molar-refractivity contribution in [2.45, 2.75) is 25.4 Å². The number of ether oxygens (including phenoxy) is 1. The van der Waals surface area contributed by atoms with Gasteiger partial charge in [0.05, 0.1) is 31.6 Å². The minimum absolute atomic E-state index is 0.0507. The van der Waals surface area contributed by atoms with Gasteiger partial charge in [-0.15, -0.1) is 0 Å². The molecule has 1 aromatic rings. The van der Waals surface area contributed by atoms with Gasteiger partial charge in [-0.1, -0.05) is 0 Å². The minimum Gasteiger partial charge on any atom is -0.379 e. The van der Waals surface area contributed by atoms with Gasteiger partial charge in [0.25, 0.3) is 0 Å². The highest BCUT2D eigenvalue weighted by atomic mass is 16.5. The molecule has 7 heteroatoms. The molecule has 1 aromatic heterocycles. The van der Waals surface area contributed by atoms with E-state index in [0.717, 1.165) is 57.9 Å². The Morgan fingerprint density at radius 2 is 2.19 bits per heavy atom. The van der Waals surface area contributed by atoms with Gasteiger partial charge in [0, 0.05) is 38.9 Å². The second-order valence-corrected chi connectivity index (χ2v) is 5.72. The van der Waals surface area contributed by atoms with Crippen LogP contribution < -0.4 is 5.32 Å². The Bertz CT molecular complexity index is 479. The number of carbonyl (C=O) groups excluding carboxylic acids is 1. The molecule has 0 spiro atoms. The molecule has 1 aliphatic heterocycles. The smallest absolute Gasteiger partial charge is 0.321 e. The molecule has 1 saturated carbocycles. The number of hydrogen-bond acceptors (Lipinski definition) is 4. The fourth-order valence-corrected chi connectivity index (χ4v) is 2.46. The van der Waals surface area contributed by atoms with Crippen LogP contribution in [0.15, 0.2) is 12.4 Å². The van der Waals surface area contributed by atoms with Crippen LogP contribution in [-0.4, -0.2) is 71.5 Å². The summed E-state index contributed by atoms with van der Waals surface area (Å²) in [7, 11) is 1.84. The molecule has 2 aliphatic rings. The highest BCUT2D eigenvalue weighted by Gasteiger charge is 2.29. The second kappa shape index (κ2) is 6.44. The summed E-state index contributed by atoms with van der Waals surface area (Å²) < 4.78 is 7.21. The molecule has 3 rings (SSSR count). The molecule has 0 bridgehead atoms. The van der Waals surface area contributed by atoms with Gasteiger partial charge in [0.1, 0.15) is 0 Å². The number of nitrogens with one attached hydrogen (secondary N) is 1. The number of urea groups is 1. The molecule has 7 nitrogen and oxygen atoms in total. The molecule has 1 aliphatic carbocycles. The van der Waals surface area contributed by atoms with Crippen LogP contribution >= 0.6 is 0 Å². The Labute approximate surface area is 124 Å². The Morgan fingerprint density at radius 3 is 2.90 bits per heavy atom. The lowest BCUT2D eigenvalue weighted by Crippen LogP contribution is -2.38. The normalized spacial score (nSPS) is 19.5. The Kier molecular flexibility index (Phi) is 4.40. The maximum Gasteiger partial charge on any atom is 0.321 e. The summed E-state index contributed by atoms with van der Waals surface area (Å²) in [5.74, 6) is 0. The summed E-state index contributed by atoms with van der Waals surface area (Å²) in [5, 5.41) is 7.19. The summed E-state index contributed by atoms with van der Waals surface area (Å²) in [6.45, 7) is 5.38. The third-order valence-electron chi connectivity index (χ3n) is 4.05. The first-order chi connectivity index (χ1) is 10.2. The van der Waals surface area contributed by atoms with E-state index in [9.17, 15) is 4.79 Å². The molecule has 0 unspecified atom stereocenters. The van der Waals surface area contributed by atoms with Gasteiger partial charge in [-0.05, 0) is 12.8 Å². The number of morpholine rings is 1. The van der Waals surface area contributed by atoms with E-state index in [-0.39, 0.29) is 6.03 Å². The molecule has 21 heavy (non-hydrogen) atoms. The number of hydrogen-bond donors (Lipinski definition) is 1. The molecule has 2 amide bonds. The van der Waals surface area contributed by atoms with E-state index in [1.807, 2.05) is 17.9 Å². The van der Waals surface area contributed by atoms with Crippen molar-refractivity contribution >= 4 is 11.7 Å². The number of aromatic nitrogens is 2. The topological polar surface area (TPSA) is 62.6 Å². The van der Waals surface area contributed by atoms with Crippen molar-refractivity contribution in [3.63, 3.8) is 0 Å². The average molecular weight is 293 g/mol. The fourth-order valence-electron chi connectivity index (χ4n) is 2.46. The molecular weight excluding hydrogens is 270 g/mol. The van der Waals surface area contributed by atoms with Crippen LogP contribution in [0.5, 0.6) is 0 Å². The van der Waals surface area contributed by atoms with E-state index in [2.05, 4.69) is 15.3 Å². The number of rotatable bonds is 5. The summed E-state index contributed by atoms with van der Waals surface area (Å²) in [6.07, 6.45) is 5.82. The van der Waals surface area contributed by atoms with Crippen molar-refractivity contribution in [2.24, 2.45) is 0 Å². The largest absolute Gasteiger partial charge is 0.379 e. The molecular formula is C14H23N5O2. The predicted molar refractivity (Wildman–Crippen MR) is 79.3 cm³/mol. The number of carbonyl (C=O) groups is 1. The second-order valence-electron chi connectivity index (χ2n) is 5.72. The van der Waals surface area contributed by atoms with E-state index in [1.54, 1.807) is 11.1 Å². The van der Waals surface area contributed by atoms with Crippen LogP contribution in [0.25, 0.3) is 0 Å².